The summed E-state index contributed by atoms with van der Waals surface area (Å²) in [6.07, 6.45) is 5.58. The maximum atomic E-state index is 11.4. The zero-order valence-electron chi connectivity index (χ0n) is 8.28. The van der Waals surface area contributed by atoms with Crippen molar-refractivity contribution < 1.29 is 4.74 Å². The van der Waals surface area contributed by atoms with E-state index in [0.29, 0.717) is 11.1 Å². The van der Waals surface area contributed by atoms with E-state index in [1.54, 1.807) is 12.4 Å². The number of halogens is 1. The standard InChI is InChI=1S/C10H13BrN2O2/c11-8-4-13(5-9(12)10(8)14)7-2-1-3-15-6-7/h4-5,7H,1-3,6,12H2. The molecule has 82 valence electrons. The van der Waals surface area contributed by atoms with Gasteiger partial charge in [0, 0.05) is 19.0 Å². The summed E-state index contributed by atoms with van der Waals surface area (Å²) in [7, 11) is 0. The largest absolute Gasteiger partial charge is 0.394 e. The minimum atomic E-state index is -0.150. The van der Waals surface area contributed by atoms with Gasteiger partial charge in [0.25, 0.3) is 0 Å². The van der Waals surface area contributed by atoms with Crippen LogP contribution in [-0.2, 0) is 4.74 Å². The molecule has 2 rings (SSSR count). The van der Waals surface area contributed by atoms with Crippen LogP contribution in [-0.4, -0.2) is 17.8 Å². The van der Waals surface area contributed by atoms with Crippen LogP contribution in [0.2, 0.25) is 0 Å². The molecule has 4 nitrogen and oxygen atoms in total. The number of ether oxygens (including phenoxy) is 1. The molecule has 1 unspecified atom stereocenters. The van der Waals surface area contributed by atoms with Crippen molar-refractivity contribution in [2.75, 3.05) is 18.9 Å². The number of nitrogen functional groups attached to an aromatic ring is 1. The fraction of sp³-hybridized carbons (Fsp3) is 0.500. The molecular formula is C10H13BrN2O2. The topological polar surface area (TPSA) is 57.2 Å². The Labute approximate surface area is 96.2 Å². The van der Waals surface area contributed by atoms with Crippen LogP contribution in [0.25, 0.3) is 0 Å². The average molecular weight is 273 g/mol. The molecule has 0 spiro atoms. The Kier molecular flexibility index (Phi) is 3.11. The molecule has 1 aliphatic rings. The SMILES string of the molecule is Nc1cn(C2CCCOC2)cc(Br)c1=O. The molecule has 0 aliphatic carbocycles. The van der Waals surface area contributed by atoms with Crippen LogP contribution in [0, 0.1) is 0 Å². The Morgan fingerprint density at radius 1 is 1.53 bits per heavy atom. The predicted molar refractivity (Wildman–Crippen MR) is 61.9 cm³/mol. The van der Waals surface area contributed by atoms with Crippen molar-refractivity contribution in [2.45, 2.75) is 18.9 Å². The molecule has 2 heterocycles. The third kappa shape index (κ3) is 2.23. The van der Waals surface area contributed by atoms with Gasteiger partial charge < -0.3 is 15.0 Å². The van der Waals surface area contributed by atoms with Crippen LogP contribution in [0.4, 0.5) is 5.69 Å². The number of nitrogens with two attached hydrogens (primary N) is 1. The Balaban J connectivity index is 2.31. The van der Waals surface area contributed by atoms with Crippen molar-refractivity contribution in [1.82, 2.24) is 4.57 Å². The van der Waals surface area contributed by atoms with Gasteiger partial charge in [-0.3, -0.25) is 4.79 Å². The van der Waals surface area contributed by atoms with Gasteiger partial charge in [0.15, 0.2) is 0 Å². The second-order valence-corrected chi connectivity index (χ2v) is 4.56. The highest BCUT2D eigenvalue weighted by atomic mass is 79.9. The summed E-state index contributed by atoms with van der Waals surface area (Å²) in [6.45, 7) is 1.52. The summed E-state index contributed by atoms with van der Waals surface area (Å²) in [5.74, 6) is 0. The zero-order valence-corrected chi connectivity index (χ0v) is 9.87. The number of nitrogens with zero attached hydrogens (tertiary/aromatic N) is 1. The van der Waals surface area contributed by atoms with E-state index in [0.717, 1.165) is 19.4 Å². The molecule has 1 aliphatic heterocycles. The summed E-state index contributed by atoms with van der Waals surface area (Å²) in [5, 5.41) is 0. The number of rotatable bonds is 1. The second kappa shape index (κ2) is 4.37. The van der Waals surface area contributed by atoms with Crippen molar-refractivity contribution >= 4 is 21.6 Å². The normalized spacial score (nSPS) is 21.5. The van der Waals surface area contributed by atoms with Crippen LogP contribution in [0.15, 0.2) is 21.7 Å². The average Bonchev–Trinajstić information content (AvgIpc) is 2.26. The summed E-state index contributed by atoms with van der Waals surface area (Å²) in [4.78, 5) is 11.4. The van der Waals surface area contributed by atoms with Crippen LogP contribution in [0.3, 0.4) is 0 Å². The van der Waals surface area contributed by atoms with Crippen molar-refractivity contribution in [3.8, 4) is 0 Å². The number of pyridine rings is 1. The minimum Gasteiger partial charge on any atom is -0.394 e. The zero-order chi connectivity index (χ0) is 10.8. The first kappa shape index (κ1) is 10.7. The third-order valence-corrected chi connectivity index (χ3v) is 3.15. The molecule has 1 saturated heterocycles. The summed E-state index contributed by atoms with van der Waals surface area (Å²) in [6, 6.07) is 0.290. The van der Waals surface area contributed by atoms with Crippen LogP contribution in [0.5, 0.6) is 0 Å². The number of anilines is 1. The van der Waals surface area contributed by atoms with Gasteiger partial charge in [0.05, 0.1) is 22.8 Å². The fourth-order valence-corrected chi connectivity index (χ4v) is 2.22. The van der Waals surface area contributed by atoms with E-state index in [4.69, 9.17) is 10.5 Å². The van der Waals surface area contributed by atoms with E-state index >= 15 is 0 Å². The summed E-state index contributed by atoms with van der Waals surface area (Å²) in [5.41, 5.74) is 5.75. The lowest BCUT2D eigenvalue weighted by molar-refractivity contribution is 0.0590. The van der Waals surface area contributed by atoms with E-state index in [-0.39, 0.29) is 17.2 Å². The summed E-state index contributed by atoms with van der Waals surface area (Å²) >= 11 is 3.21. The maximum Gasteiger partial charge on any atom is 0.218 e. The molecule has 5 heteroatoms. The number of hydrogen-bond acceptors (Lipinski definition) is 3. The van der Waals surface area contributed by atoms with E-state index < -0.39 is 0 Å². The number of aromatic nitrogens is 1. The van der Waals surface area contributed by atoms with E-state index in [2.05, 4.69) is 15.9 Å². The molecule has 2 N–H and O–H groups in total. The van der Waals surface area contributed by atoms with Gasteiger partial charge in [-0.15, -0.1) is 0 Å². The second-order valence-electron chi connectivity index (χ2n) is 3.71. The fourth-order valence-electron chi connectivity index (χ4n) is 1.75. The quantitative estimate of drug-likeness (QED) is 0.844. The minimum absolute atomic E-state index is 0.150. The van der Waals surface area contributed by atoms with Crippen molar-refractivity contribution in [3.05, 3.63) is 27.1 Å². The van der Waals surface area contributed by atoms with Crippen LogP contribution < -0.4 is 11.2 Å². The highest BCUT2D eigenvalue weighted by molar-refractivity contribution is 9.10. The summed E-state index contributed by atoms with van der Waals surface area (Å²) < 4.78 is 7.86. The van der Waals surface area contributed by atoms with Crippen molar-refractivity contribution in [2.24, 2.45) is 0 Å². The van der Waals surface area contributed by atoms with Crippen molar-refractivity contribution in [3.63, 3.8) is 0 Å². The first-order valence-electron chi connectivity index (χ1n) is 4.93. The first-order valence-corrected chi connectivity index (χ1v) is 5.72. The lowest BCUT2D eigenvalue weighted by Gasteiger charge is -2.25. The molecular weight excluding hydrogens is 260 g/mol. The van der Waals surface area contributed by atoms with Crippen LogP contribution >= 0.6 is 15.9 Å². The van der Waals surface area contributed by atoms with Gasteiger partial charge in [0.2, 0.25) is 5.43 Å². The van der Waals surface area contributed by atoms with Gasteiger partial charge >= 0.3 is 0 Å². The molecule has 0 bridgehead atoms. The van der Waals surface area contributed by atoms with Gasteiger partial charge in [-0.05, 0) is 28.8 Å². The van der Waals surface area contributed by atoms with E-state index in [1.807, 2.05) is 4.57 Å². The maximum absolute atomic E-state index is 11.4. The lowest BCUT2D eigenvalue weighted by Crippen LogP contribution is -2.23. The Morgan fingerprint density at radius 2 is 2.33 bits per heavy atom. The molecule has 15 heavy (non-hydrogen) atoms. The monoisotopic (exact) mass is 272 g/mol. The predicted octanol–water partition coefficient (Wildman–Crippen LogP) is 1.54. The van der Waals surface area contributed by atoms with Crippen molar-refractivity contribution in [1.29, 1.82) is 0 Å². The molecule has 0 aromatic carbocycles. The molecule has 0 radical (unpaired) electrons. The number of hydrogen-bond donors (Lipinski definition) is 1. The lowest BCUT2D eigenvalue weighted by atomic mass is 10.1. The van der Waals surface area contributed by atoms with Crippen LogP contribution in [0.1, 0.15) is 18.9 Å². The molecule has 0 amide bonds. The van der Waals surface area contributed by atoms with Gasteiger partial charge in [0.1, 0.15) is 0 Å². The molecule has 1 atom stereocenters. The Hall–Kier alpha value is -0.810. The third-order valence-electron chi connectivity index (χ3n) is 2.59. The molecule has 1 aromatic heterocycles. The molecule has 1 aromatic rings. The Morgan fingerprint density at radius 3 is 2.93 bits per heavy atom. The smallest absolute Gasteiger partial charge is 0.218 e. The highest BCUT2D eigenvalue weighted by Gasteiger charge is 2.16. The first-order chi connectivity index (χ1) is 7.18. The van der Waals surface area contributed by atoms with E-state index in [9.17, 15) is 4.79 Å². The van der Waals surface area contributed by atoms with Gasteiger partial charge in [-0.2, -0.15) is 0 Å². The van der Waals surface area contributed by atoms with Gasteiger partial charge in [-0.25, -0.2) is 0 Å². The highest BCUT2D eigenvalue weighted by Crippen LogP contribution is 2.20. The molecule has 1 fully saturated rings. The molecule has 0 saturated carbocycles. The van der Waals surface area contributed by atoms with Gasteiger partial charge in [-0.1, -0.05) is 0 Å². The van der Waals surface area contributed by atoms with E-state index in [1.165, 1.54) is 0 Å². The Bertz CT molecular complexity index is 384.